The molecule has 176 valence electrons. The maximum Gasteiger partial charge on any atom is 0.285 e. The van der Waals surface area contributed by atoms with Crippen molar-refractivity contribution in [1.29, 1.82) is 0 Å². The summed E-state index contributed by atoms with van der Waals surface area (Å²) in [6, 6.07) is 11.8. The third-order valence-electron chi connectivity index (χ3n) is 4.68. The van der Waals surface area contributed by atoms with E-state index in [1.54, 1.807) is 49.7 Å². The molecule has 1 aliphatic rings. The number of carbonyl (C=O) groups excluding carboxylic acids is 1. The van der Waals surface area contributed by atoms with Crippen LogP contribution in [0.4, 0.5) is 0 Å². The number of methoxy groups -OCH3 is 2. The van der Waals surface area contributed by atoms with Crippen LogP contribution in [0.5, 0.6) is 11.5 Å². The van der Waals surface area contributed by atoms with Crippen molar-refractivity contribution in [2.45, 2.75) is 37.6 Å². The molecule has 1 amide bonds. The monoisotopic (exact) mass is 472 g/mol. The van der Waals surface area contributed by atoms with Gasteiger partial charge in [-0.05, 0) is 56.7 Å². The zero-order chi connectivity index (χ0) is 24.2. The van der Waals surface area contributed by atoms with E-state index in [1.165, 1.54) is 18.2 Å². The van der Waals surface area contributed by atoms with Crippen molar-refractivity contribution < 1.29 is 22.7 Å². The summed E-state index contributed by atoms with van der Waals surface area (Å²) in [4.78, 5) is 12.5. The van der Waals surface area contributed by atoms with Gasteiger partial charge in [-0.25, -0.2) is 5.01 Å². The molecule has 0 spiro atoms. The quantitative estimate of drug-likeness (QED) is 0.490. The van der Waals surface area contributed by atoms with E-state index in [0.717, 1.165) is 0 Å². The Kier molecular flexibility index (Phi) is 7.06. The van der Waals surface area contributed by atoms with Gasteiger partial charge in [0.1, 0.15) is 4.90 Å². The van der Waals surface area contributed by atoms with Crippen molar-refractivity contribution in [1.82, 2.24) is 10.3 Å². The summed E-state index contributed by atoms with van der Waals surface area (Å²) in [6.07, 6.45) is 1.65. The highest BCUT2D eigenvalue weighted by Gasteiger charge is 2.32. The van der Waals surface area contributed by atoms with Crippen LogP contribution in [0.25, 0.3) is 0 Å². The number of benzene rings is 2. The van der Waals surface area contributed by atoms with Crippen LogP contribution < -0.4 is 14.8 Å². The van der Waals surface area contributed by atoms with Crippen molar-refractivity contribution in [3.8, 4) is 11.5 Å². The summed E-state index contributed by atoms with van der Waals surface area (Å²) in [6.45, 7) is 5.81. The number of nitrogens with zero attached hydrogens (tertiary/aromatic N) is 3. The first-order valence-electron chi connectivity index (χ1n) is 10.3. The lowest BCUT2D eigenvalue weighted by atomic mass is 10.1. The minimum Gasteiger partial charge on any atom is -0.493 e. The molecular formula is C23H28N4O5S. The molecule has 9 nitrogen and oxygen atoms in total. The Balaban J connectivity index is 1.93. The predicted molar refractivity (Wildman–Crippen MR) is 127 cm³/mol. The van der Waals surface area contributed by atoms with Crippen molar-refractivity contribution >= 4 is 28.0 Å². The van der Waals surface area contributed by atoms with Crippen molar-refractivity contribution in [3.05, 3.63) is 53.6 Å². The van der Waals surface area contributed by atoms with Gasteiger partial charge < -0.3 is 14.8 Å². The van der Waals surface area contributed by atoms with Gasteiger partial charge in [0.25, 0.3) is 10.0 Å². The normalized spacial score (nSPS) is 14.5. The fourth-order valence-corrected chi connectivity index (χ4v) is 4.46. The van der Waals surface area contributed by atoms with Gasteiger partial charge in [0.15, 0.2) is 17.3 Å². The van der Waals surface area contributed by atoms with Crippen molar-refractivity contribution in [2.75, 3.05) is 20.8 Å². The third kappa shape index (κ3) is 5.89. The fourth-order valence-electron chi connectivity index (χ4n) is 3.25. The Bertz CT molecular complexity index is 1200. The van der Waals surface area contributed by atoms with Crippen LogP contribution in [-0.4, -0.2) is 57.7 Å². The summed E-state index contributed by atoms with van der Waals surface area (Å²) in [7, 11) is -0.751. The van der Waals surface area contributed by atoms with E-state index in [4.69, 9.17) is 9.47 Å². The Hall–Kier alpha value is -3.40. The second-order valence-corrected chi connectivity index (χ2v) is 9.99. The summed E-state index contributed by atoms with van der Waals surface area (Å²) in [5.74, 6) is 1.10. The van der Waals surface area contributed by atoms with Gasteiger partial charge in [0.2, 0.25) is 5.91 Å². The van der Waals surface area contributed by atoms with Gasteiger partial charge in [-0.1, -0.05) is 12.1 Å². The van der Waals surface area contributed by atoms with E-state index in [-0.39, 0.29) is 35.1 Å². The number of nitrogens with one attached hydrogen (secondary N) is 1. The molecule has 0 bridgehead atoms. The molecule has 0 radical (unpaired) electrons. The lowest BCUT2D eigenvalue weighted by Gasteiger charge is -2.22. The van der Waals surface area contributed by atoms with E-state index in [1.807, 2.05) is 20.8 Å². The summed E-state index contributed by atoms with van der Waals surface area (Å²) >= 11 is 0. The van der Waals surface area contributed by atoms with Crippen LogP contribution in [-0.2, 0) is 14.8 Å². The topological polar surface area (TPSA) is 110 Å². The molecule has 3 rings (SSSR count). The first-order valence-corrected chi connectivity index (χ1v) is 11.8. The number of rotatable bonds is 7. The largest absolute Gasteiger partial charge is 0.493 e. The number of hydrazone groups is 1. The Labute approximate surface area is 194 Å². The molecular weight excluding hydrogens is 444 g/mol. The Morgan fingerprint density at radius 3 is 2.48 bits per heavy atom. The highest BCUT2D eigenvalue weighted by Crippen LogP contribution is 2.29. The SMILES string of the molecule is COc1ccc(C=NN(CCC(=O)NC(C)(C)C)C2=NS(=O)(=O)c3ccccc32)cc1OC. The van der Waals surface area contributed by atoms with Gasteiger partial charge in [-0.2, -0.15) is 13.5 Å². The second kappa shape index (κ2) is 9.62. The van der Waals surface area contributed by atoms with E-state index in [0.29, 0.717) is 22.6 Å². The molecule has 1 aliphatic heterocycles. The zero-order valence-electron chi connectivity index (χ0n) is 19.3. The molecule has 0 saturated heterocycles. The van der Waals surface area contributed by atoms with Gasteiger partial charge in [0, 0.05) is 17.5 Å². The molecule has 33 heavy (non-hydrogen) atoms. The minimum atomic E-state index is -3.83. The lowest BCUT2D eigenvalue weighted by Crippen LogP contribution is -2.42. The highest BCUT2D eigenvalue weighted by atomic mass is 32.2. The number of sulfonamides is 1. The first kappa shape index (κ1) is 24.2. The van der Waals surface area contributed by atoms with E-state index >= 15 is 0 Å². The van der Waals surface area contributed by atoms with E-state index in [2.05, 4.69) is 14.8 Å². The molecule has 0 aromatic heterocycles. The molecule has 0 fully saturated rings. The fraction of sp³-hybridized carbons (Fsp3) is 0.348. The van der Waals surface area contributed by atoms with Crippen LogP contribution in [0, 0.1) is 0 Å². The maximum atomic E-state index is 12.5. The van der Waals surface area contributed by atoms with Crippen LogP contribution in [0.3, 0.4) is 0 Å². The molecule has 0 saturated carbocycles. The number of hydrogen-bond donors (Lipinski definition) is 1. The Morgan fingerprint density at radius 2 is 1.82 bits per heavy atom. The number of amidine groups is 1. The lowest BCUT2D eigenvalue weighted by molar-refractivity contribution is -0.122. The average Bonchev–Trinajstić information content (AvgIpc) is 3.03. The molecule has 0 atom stereocenters. The molecule has 2 aromatic carbocycles. The molecule has 1 N–H and O–H groups in total. The van der Waals surface area contributed by atoms with E-state index in [9.17, 15) is 13.2 Å². The Morgan fingerprint density at radius 1 is 1.12 bits per heavy atom. The molecule has 2 aromatic rings. The van der Waals surface area contributed by atoms with Crippen molar-refractivity contribution in [2.24, 2.45) is 9.50 Å². The molecule has 0 unspecified atom stereocenters. The minimum absolute atomic E-state index is 0.0990. The molecule has 10 heteroatoms. The third-order valence-corrected chi connectivity index (χ3v) is 6.00. The zero-order valence-corrected chi connectivity index (χ0v) is 20.1. The first-order chi connectivity index (χ1) is 15.5. The number of fused-ring (bicyclic) bond motifs is 1. The maximum absolute atomic E-state index is 12.5. The number of ether oxygens (including phenoxy) is 2. The summed E-state index contributed by atoms with van der Waals surface area (Å²) in [5.41, 5.74) is 0.760. The average molecular weight is 473 g/mol. The van der Waals surface area contributed by atoms with Gasteiger partial charge in [-0.15, -0.1) is 4.40 Å². The standard InChI is InChI=1S/C23H28N4O5S/c1-23(2,3)25-21(28)12-13-27(22-17-8-6-7-9-20(17)33(29,30)26-22)24-15-16-10-11-18(31-4)19(14-16)32-5/h6-11,14-15H,12-13H2,1-5H3,(H,25,28). The predicted octanol–water partition coefficient (Wildman–Crippen LogP) is 2.79. The molecule has 0 aliphatic carbocycles. The van der Waals surface area contributed by atoms with Crippen LogP contribution in [0.15, 0.2) is 56.9 Å². The number of carbonyl (C=O) groups is 1. The van der Waals surface area contributed by atoms with Gasteiger partial charge >= 0.3 is 0 Å². The summed E-state index contributed by atoms with van der Waals surface area (Å²) < 4.78 is 39.6. The van der Waals surface area contributed by atoms with Gasteiger partial charge in [-0.3, -0.25) is 4.79 Å². The van der Waals surface area contributed by atoms with Crippen LogP contribution >= 0.6 is 0 Å². The second-order valence-electron chi connectivity index (χ2n) is 8.42. The highest BCUT2D eigenvalue weighted by molar-refractivity contribution is 7.90. The summed E-state index contributed by atoms with van der Waals surface area (Å²) in [5, 5.41) is 8.81. The van der Waals surface area contributed by atoms with E-state index < -0.39 is 10.0 Å². The van der Waals surface area contributed by atoms with Gasteiger partial charge in [0.05, 0.1) is 27.0 Å². The van der Waals surface area contributed by atoms with Crippen LogP contribution in [0.2, 0.25) is 0 Å². The number of hydrogen-bond acceptors (Lipinski definition) is 7. The van der Waals surface area contributed by atoms with Crippen LogP contribution in [0.1, 0.15) is 38.3 Å². The number of amides is 1. The smallest absolute Gasteiger partial charge is 0.285 e. The molecule has 1 heterocycles. The van der Waals surface area contributed by atoms with Crippen molar-refractivity contribution in [3.63, 3.8) is 0 Å².